The van der Waals surface area contributed by atoms with Crippen LogP contribution in [0, 0.1) is 0 Å². The average Bonchev–Trinajstić information content (AvgIpc) is 1.56. The van der Waals surface area contributed by atoms with Crippen LogP contribution in [0.4, 0.5) is 0 Å². The van der Waals surface area contributed by atoms with Gasteiger partial charge in [-0.15, -0.1) is 0 Å². The predicted octanol–water partition coefficient (Wildman–Crippen LogP) is 2.16. The average molecular weight is 168 g/mol. The van der Waals surface area contributed by atoms with Crippen molar-refractivity contribution < 1.29 is 2.85 Å². The summed E-state index contributed by atoms with van der Waals surface area (Å²) in [6, 6.07) is 0. The van der Waals surface area contributed by atoms with Crippen LogP contribution >= 0.6 is 0 Å². The molecular formula is C9H21MgN. The minimum Gasteiger partial charge on any atom is -1.00 e. The Balaban J connectivity index is -0.000000333. The van der Waals surface area contributed by atoms with Crippen molar-refractivity contribution in [3.63, 3.8) is 0 Å². The van der Waals surface area contributed by atoms with Gasteiger partial charge in [-0.3, -0.25) is 0 Å². The topological polar surface area (TPSA) is 12.0 Å². The Morgan fingerprint density at radius 2 is 1.36 bits per heavy atom. The van der Waals surface area contributed by atoms with Crippen molar-refractivity contribution in [2.75, 3.05) is 0 Å². The summed E-state index contributed by atoms with van der Waals surface area (Å²) in [7, 11) is 0. The third-order valence-electron chi connectivity index (χ3n) is 2.28. The maximum atomic E-state index is 3.63. The van der Waals surface area contributed by atoms with Crippen molar-refractivity contribution in [1.82, 2.24) is 5.32 Å². The summed E-state index contributed by atoms with van der Waals surface area (Å²) in [4.78, 5) is 0. The Kier molecular flexibility index (Phi) is 3.87. The molecule has 0 saturated carbocycles. The minimum atomic E-state index is 0. The molecule has 1 saturated heterocycles. The molecule has 64 valence electrons. The molecule has 1 aliphatic heterocycles. The van der Waals surface area contributed by atoms with Gasteiger partial charge in [0.15, 0.2) is 0 Å². The van der Waals surface area contributed by atoms with Crippen molar-refractivity contribution in [1.29, 1.82) is 0 Å². The zero-order valence-electron chi connectivity index (χ0n) is 10.3. The first-order valence-corrected chi connectivity index (χ1v) is 4.21. The van der Waals surface area contributed by atoms with Crippen molar-refractivity contribution in [3.8, 4) is 0 Å². The summed E-state index contributed by atoms with van der Waals surface area (Å²) in [5.74, 6) is 0. The van der Waals surface area contributed by atoms with E-state index in [0.717, 1.165) is 0 Å². The van der Waals surface area contributed by atoms with E-state index in [4.69, 9.17) is 0 Å². The first-order valence-electron chi connectivity index (χ1n) is 4.21. The molecule has 0 aromatic carbocycles. The molecule has 1 N–H and O–H groups in total. The van der Waals surface area contributed by atoms with E-state index in [1.807, 2.05) is 0 Å². The van der Waals surface area contributed by atoms with E-state index in [1.54, 1.807) is 0 Å². The number of nitrogens with one attached hydrogen (secondary N) is 1. The third-order valence-corrected chi connectivity index (χ3v) is 2.28. The van der Waals surface area contributed by atoms with Crippen LogP contribution < -0.4 is 5.32 Å². The van der Waals surface area contributed by atoms with Crippen LogP contribution in [0.5, 0.6) is 0 Å². The number of piperidine rings is 1. The summed E-state index contributed by atoms with van der Waals surface area (Å²) in [5.41, 5.74) is 0.726. The van der Waals surface area contributed by atoms with Crippen LogP contribution in [-0.2, 0) is 0 Å². The van der Waals surface area contributed by atoms with Gasteiger partial charge in [0, 0.05) is 11.1 Å². The summed E-state index contributed by atoms with van der Waals surface area (Å²) < 4.78 is 0. The number of rotatable bonds is 0. The molecule has 0 atom stereocenters. The fourth-order valence-electron chi connectivity index (χ4n) is 2.01. The van der Waals surface area contributed by atoms with Crippen LogP contribution in [0.3, 0.4) is 0 Å². The number of hydrogen-bond acceptors (Lipinski definition) is 1. The van der Waals surface area contributed by atoms with Crippen LogP contribution in [0.1, 0.15) is 49.8 Å². The fraction of sp³-hybridized carbons (Fsp3) is 1.00. The second-order valence-electron chi connectivity index (χ2n) is 4.75. The van der Waals surface area contributed by atoms with Crippen molar-refractivity contribution in [2.45, 2.75) is 58.0 Å². The molecule has 1 nitrogen and oxygen atoms in total. The summed E-state index contributed by atoms with van der Waals surface area (Å²) in [5, 5.41) is 3.63. The van der Waals surface area contributed by atoms with Gasteiger partial charge in [0.1, 0.15) is 0 Å². The van der Waals surface area contributed by atoms with Gasteiger partial charge in [0.05, 0.1) is 0 Å². The smallest absolute Gasteiger partial charge is 1.00 e. The first kappa shape index (κ1) is 11.7. The minimum absolute atomic E-state index is 0. The van der Waals surface area contributed by atoms with E-state index < -0.39 is 0 Å². The van der Waals surface area contributed by atoms with Crippen molar-refractivity contribution >= 4 is 23.1 Å². The molecule has 0 aromatic heterocycles. The maximum Gasteiger partial charge on any atom is 2.00 e. The number of hydrogen-bond donors (Lipinski definition) is 1. The van der Waals surface area contributed by atoms with Gasteiger partial charge in [0.2, 0.25) is 0 Å². The zero-order valence-corrected chi connectivity index (χ0v) is 9.74. The van der Waals surface area contributed by atoms with Crippen molar-refractivity contribution in [2.24, 2.45) is 0 Å². The van der Waals surface area contributed by atoms with Crippen molar-refractivity contribution in [3.05, 3.63) is 0 Å². The summed E-state index contributed by atoms with van der Waals surface area (Å²) in [6.07, 6.45) is 4.00. The van der Waals surface area contributed by atoms with E-state index >= 15 is 0 Å². The van der Waals surface area contributed by atoms with Gasteiger partial charge >= 0.3 is 23.1 Å². The van der Waals surface area contributed by atoms with E-state index in [1.165, 1.54) is 19.3 Å². The monoisotopic (exact) mass is 167 g/mol. The van der Waals surface area contributed by atoms with Gasteiger partial charge in [-0.25, -0.2) is 0 Å². The Morgan fingerprint density at radius 3 is 1.55 bits per heavy atom. The predicted molar refractivity (Wildman–Crippen MR) is 53.1 cm³/mol. The molecule has 0 aliphatic carbocycles. The van der Waals surface area contributed by atoms with Crippen LogP contribution in [0.2, 0.25) is 0 Å². The quantitative estimate of drug-likeness (QED) is 0.546. The molecule has 11 heavy (non-hydrogen) atoms. The molecule has 0 spiro atoms. The molecule has 0 amide bonds. The SMILES string of the molecule is CC1(C)CCCC(C)(C)N1.[H-].[H-].[Mg+2]. The second kappa shape index (κ2) is 3.63. The van der Waals surface area contributed by atoms with E-state index in [9.17, 15) is 0 Å². The summed E-state index contributed by atoms with van der Waals surface area (Å²) >= 11 is 0. The normalized spacial score (nSPS) is 27.3. The molecule has 1 heterocycles. The first-order chi connectivity index (χ1) is 4.41. The third kappa shape index (κ3) is 3.77. The Labute approximate surface area is 89.4 Å². The molecule has 1 fully saturated rings. The maximum absolute atomic E-state index is 3.63. The molecule has 0 radical (unpaired) electrons. The van der Waals surface area contributed by atoms with Gasteiger partial charge in [-0.05, 0) is 47.0 Å². The molecule has 2 heteroatoms. The van der Waals surface area contributed by atoms with E-state index in [2.05, 4.69) is 33.0 Å². The molecule has 0 bridgehead atoms. The van der Waals surface area contributed by atoms with E-state index in [0.29, 0.717) is 11.1 Å². The second-order valence-corrected chi connectivity index (χ2v) is 4.75. The van der Waals surface area contributed by atoms with Gasteiger partial charge in [-0.2, -0.15) is 0 Å². The Morgan fingerprint density at radius 1 is 1.00 bits per heavy atom. The fourth-order valence-corrected chi connectivity index (χ4v) is 2.01. The summed E-state index contributed by atoms with van der Waals surface area (Å²) in [6.45, 7) is 9.14. The van der Waals surface area contributed by atoms with Gasteiger partial charge in [-0.1, -0.05) is 0 Å². The molecular weight excluding hydrogens is 146 g/mol. The molecule has 0 unspecified atom stereocenters. The molecule has 0 aromatic rings. The molecule has 1 aliphatic rings. The Hall–Kier alpha value is 0.726. The zero-order chi connectivity index (χ0) is 7.83. The van der Waals surface area contributed by atoms with Gasteiger partial charge < -0.3 is 8.17 Å². The van der Waals surface area contributed by atoms with Gasteiger partial charge in [0.25, 0.3) is 0 Å². The largest absolute Gasteiger partial charge is 2.00 e. The Bertz CT molecular complexity index is 124. The van der Waals surface area contributed by atoms with E-state index in [-0.39, 0.29) is 25.9 Å². The standard InChI is InChI=1S/C9H19N.Mg.2H/c1-8(2)6-5-7-9(3,4)10-8;;;/h10H,5-7H2,1-4H3;;;/q;+2;2*-1. The molecule has 1 rings (SSSR count). The van der Waals surface area contributed by atoms with Crippen LogP contribution in [0.15, 0.2) is 0 Å². The van der Waals surface area contributed by atoms with Crippen LogP contribution in [0.25, 0.3) is 0 Å². The van der Waals surface area contributed by atoms with Crippen LogP contribution in [-0.4, -0.2) is 34.1 Å².